The first-order chi connectivity index (χ1) is 17.5. The molecule has 0 unspecified atom stereocenters. The molecule has 3 aromatic heterocycles. The molecule has 0 N–H and O–H groups in total. The van der Waals surface area contributed by atoms with E-state index in [1.807, 2.05) is 55.6 Å². The molecule has 0 atom stereocenters. The van der Waals surface area contributed by atoms with Gasteiger partial charge in [0, 0.05) is 28.8 Å². The van der Waals surface area contributed by atoms with Crippen LogP contribution in [0, 0.1) is 6.92 Å². The first kappa shape index (κ1) is 23.5. The van der Waals surface area contributed by atoms with Crippen LogP contribution in [0.2, 0.25) is 0 Å². The molecule has 180 valence electrons. The number of pyridine rings is 1. The summed E-state index contributed by atoms with van der Waals surface area (Å²) in [6.07, 6.45) is 7.40. The first-order valence-corrected chi connectivity index (χ1v) is 12.0. The van der Waals surface area contributed by atoms with Gasteiger partial charge in [0.05, 0.1) is 28.8 Å². The van der Waals surface area contributed by atoms with Gasteiger partial charge in [0.15, 0.2) is 11.4 Å². The average molecular weight is 479 g/mol. The van der Waals surface area contributed by atoms with Crippen molar-refractivity contribution >= 4 is 24.0 Å². The number of allylic oxidation sites excluding steroid dienone is 2. The number of fused-ring (bicyclic) bond motifs is 1. The van der Waals surface area contributed by atoms with Gasteiger partial charge >= 0.3 is 0 Å². The van der Waals surface area contributed by atoms with Crippen LogP contribution in [-0.2, 0) is 9.59 Å². The molecular weight excluding hydrogens is 452 g/mol. The zero-order valence-corrected chi connectivity index (χ0v) is 20.3. The summed E-state index contributed by atoms with van der Waals surface area (Å²) in [6.45, 7) is 3.42. The zero-order chi connectivity index (χ0) is 25.2. The Morgan fingerprint density at radius 2 is 1.64 bits per heavy atom. The Bertz CT molecular complexity index is 1480. The van der Waals surface area contributed by atoms with Crippen LogP contribution >= 0.6 is 0 Å². The quantitative estimate of drug-likeness (QED) is 0.275. The van der Waals surface area contributed by atoms with Crippen LogP contribution in [-0.4, -0.2) is 37.9 Å². The van der Waals surface area contributed by atoms with E-state index in [0.29, 0.717) is 53.7 Å². The molecule has 0 radical (unpaired) electrons. The fraction of sp³-hybridized carbons (Fsp3) is 0.241. The van der Waals surface area contributed by atoms with Gasteiger partial charge in [0.2, 0.25) is 0 Å². The minimum atomic E-state index is -0.0775. The molecule has 1 aliphatic carbocycles. The van der Waals surface area contributed by atoms with Crippen LogP contribution in [0.4, 0.5) is 0 Å². The number of aromatic nitrogens is 4. The van der Waals surface area contributed by atoms with Crippen molar-refractivity contribution in [3.05, 3.63) is 83.0 Å². The number of carbonyl (C=O) groups is 3. The van der Waals surface area contributed by atoms with Gasteiger partial charge in [-0.25, -0.2) is 9.50 Å². The van der Waals surface area contributed by atoms with Gasteiger partial charge in [0.1, 0.15) is 12.6 Å². The van der Waals surface area contributed by atoms with Crippen LogP contribution in [0.3, 0.4) is 0 Å². The third-order valence-corrected chi connectivity index (χ3v) is 7.01. The predicted molar refractivity (Wildman–Crippen MR) is 137 cm³/mol. The van der Waals surface area contributed by atoms with Crippen molar-refractivity contribution in [1.29, 1.82) is 0 Å². The standard InChI is InChI=1S/C29H26N4O3/c1-18-27(19(2)36)28(21-8-10-23(16-34)24(17-35)11-9-21)32-29-25(15-31-33(18)29)22-12-13-26(30-14-22)20-6-4-3-5-7-20/h3-7,12-17,21H,8-11H2,1-2H3. The summed E-state index contributed by atoms with van der Waals surface area (Å²) < 4.78 is 1.71. The highest BCUT2D eigenvalue weighted by molar-refractivity contribution is 5.97. The lowest BCUT2D eigenvalue weighted by Gasteiger charge is -2.19. The molecule has 1 aliphatic rings. The van der Waals surface area contributed by atoms with Gasteiger partial charge in [-0.2, -0.15) is 5.10 Å². The molecule has 0 bridgehead atoms. The maximum absolute atomic E-state index is 12.7. The number of ketones is 1. The number of hydrogen-bond donors (Lipinski definition) is 0. The molecule has 1 aromatic carbocycles. The fourth-order valence-electron chi connectivity index (χ4n) is 5.09. The number of aldehydes is 2. The molecule has 7 nitrogen and oxygen atoms in total. The molecule has 5 rings (SSSR count). The van der Waals surface area contributed by atoms with E-state index in [0.717, 1.165) is 40.7 Å². The fourth-order valence-corrected chi connectivity index (χ4v) is 5.09. The van der Waals surface area contributed by atoms with Gasteiger partial charge in [-0.15, -0.1) is 0 Å². The van der Waals surface area contributed by atoms with Crippen molar-refractivity contribution in [3.8, 4) is 22.4 Å². The highest BCUT2D eigenvalue weighted by atomic mass is 16.1. The Morgan fingerprint density at radius 3 is 2.22 bits per heavy atom. The van der Waals surface area contributed by atoms with Crippen LogP contribution in [0.5, 0.6) is 0 Å². The minimum absolute atomic E-state index is 0.0543. The lowest BCUT2D eigenvalue weighted by Crippen LogP contribution is -2.15. The topological polar surface area (TPSA) is 94.3 Å². The van der Waals surface area contributed by atoms with E-state index < -0.39 is 0 Å². The second kappa shape index (κ2) is 9.77. The SMILES string of the molecule is CC(=O)c1c(C2CCC(C=O)=C(C=O)CC2)nc2c(-c3ccc(-c4ccccc4)nc3)cnn2c1C. The third-order valence-electron chi connectivity index (χ3n) is 7.01. The highest BCUT2D eigenvalue weighted by Crippen LogP contribution is 2.36. The van der Waals surface area contributed by atoms with Crippen molar-refractivity contribution in [2.24, 2.45) is 0 Å². The molecule has 0 saturated carbocycles. The lowest BCUT2D eigenvalue weighted by molar-refractivity contribution is -0.107. The molecule has 36 heavy (non-hydrogen) atoms. The summed E-state index contributed by atoms with van der Waals surface area (Å²) in [4.78, 5) is 45.4. The number of rotatable bonds is 6. The van der Waals surface area contributed by atoms with Gasteiger partial charge in [-0.3, -0.25) is 19.4 Å². The normalized spacial score (nSPS) is 14.6. The summed E-state index contributed by atoms with van der Waals surface area (Å²) in [5.41, 5.74) is 7.37. The largest absolute Gasteiger partial charge is 0.298 e. The third kappa shape index (κ3) is 4.17. The van der Waals surface area contributed by atoms with E-state index in [-0.39, 0.29) is 11.7 Å². The first-order valence-electron chi connectivity index (χ1n) is 12.0. The van der Waals surface area contributed by atoms with E-state index in [2.05, 4.69) is 10.1 Å². The number of hydrogen-bond acceptors (Lipinski definition) is 6. The molecule has 0 spiro atoms. The van der Waals surface area contributed by atoms with Crippen molar-refractivity contribution in [3.63, 3.8) is 0 Å². The van der Waals surface area contributed by atoms with Crippen LogP contribution in [0.15, 0.2) is 66.0 Å². The van der Waals surface area contributed by atoms with E-state index in [4.69, 9.17) is 4.98 Å². The Morgan fingerprint density at radius 1 is 0.944 bits per heavy atom. The van der Waals surface area contributed by atoms with Gasteiger partial charge in [-0.05, 0) is 56.7 Å². The number of nitrogens with zero attached hydrogens (tertiary/aromatic N) is 4. The highest BCUT2D eigenvalue weighted by Gasteiger charge is 2.27. The zero-order valence-electron chi connectivity index (χ0n) is 20.3. The van der Waals surface area contributed by atoms with E-state index in [1.165, 1.54) is 0 Å². The van der Waals surface area contributed by atoms with Crippen molar-refractivity contribution in [2.75, 3.05) is 0 Å². The lowest BCUT2D eigenvalue weighted by atomic mass is 9.90. The Balaban J connectivity index is 1.58. The van der Waals surface area contributed by atoms with Gasteiger partial charge in [-0.1, -0.05) is 36.4 Å². The molecule has 4 aromatic rings. The maximum Gasteiger partial charge on any atom is 0.163 e. The predicted octanol–water partition coefficient (Wildman–Crippen LogP) is 5.32. The monoisotopic (exact) mass is 478 g/mol. The van der Waals surface area contributed by atoms with Crippen LogP contribution in [0.1, 0.15) is 60.3 Å². The van der Waals surface area contributed by atoms with Crippen LogP contribution < -0.4 is 0 Å². The van der Waals surface area contributed by atoms with E-state index in [1.54, 1.807) is 17.6 Å². The van der Waals surface area contributed by atoms with Gasteiger partial charge in [0.25, 0.3) is 0 Å². The number of Topliss-reactive ketones (excluding diaryl/α,β-unsaturated/α-hetero) is 1. The number of carbonyl (C=O) groups excluding carboxylic acids is 3. The second-order valence-electron chi connectivity index (χ2n) is 9.17. The number of aryl methyl sites for hydroxylation is 1. The molecule has 0 fully saturated rings. The summed E-state index contributed by atoms with van der Waals surface area (Å²) in [6, 6.07) is 14.0. The molecule has 0 saturated heterocycles. The Labute approximate surface area is 208 Å². The molecule has 0 aliphatic heterocycles. The van der Waals surface area contributed by atoms with E-state index >= 15 is 0 Å². The summed E-state index contributed by atoms with van der Waals surface area (Å²) in [7, 11) is 0. The molecule has 0 amide bonds. The van der Waals surface area contributed by atoms with Crippen molar-refractivity contribution in [2.45, 2.75) is 45.4 Å². The number of benzene rings is 1. The summed E-state index contributed by atoms with van der Waals surface area (Å²) in [5.74, 6) is -0.132. The molecule has 7 heteroatoms. The van der Waals surface area contributed by atoms with Gasteiger partial charge < -0.3 is 0 Å². The minimum Gasteiger partial charge on any atom is -0.298 e. The molecular formula is C29H26N4O3. The maximum atomic E-state index is 12.7. The summed E-state index contributed by atoms with van der Waals surface area (Å²) >= 11 is 0. The second-order valence-corrected chi connectivity index (χ2v) is 9.17. The summed E-state index contributed by atoms with van der Waals surface area (Å²) in [5, 5.41) is 4.55. The average Bonchev–Trinajstić information content (AvgIpc) is 3.22. The van der Waals surface area contributed by atoms with Crippen molar-refractivity contribution in [1.82, 2.24) is 19.6 Å². The smallest absolute Gasteiger partial charge is 0.163 e. The van der Waals surface area contributed by atoms with Crippen molar-refractivity contribution < 1.29 is 14.4 Å². The molecule has 3 heterocycles. The van der Waals surface area contributed by atoms with Crippen LogP contribution in [0.25, 0.3) is 28.0 Å². The Hall–Kier alpha value is -4.26. The Kier molecular flexibility index (Phi) is 6.38. The van der Waals surface area contributed by atoms with E-state index in [9.17, 15) is 14.4 Å².